The molecule has 0 atom stereocenters. The van der Waals surface area contributed by atoms with E-state index in [1.54, 1.807) is 30.3 Å². The van der Waals surface area contributed by atoms with Crippen LogP contribution in [0.3, 0.4) is 0 Å². The summed E-state index contributed by atoms with van der Waals surface area (Å²) in [6.45, 7) is 0. The first-order valence-corrected chi connectivity index (χ1v) is 7.81. The molecule has 0 aliphatic heterocycles. The lowest BCUT2D eigenvalue weighted by atomic mass is 10.1. The van der Waals surface area contributed by atoms with E-state index in [1.807, 2.05) is 6.07 Å². The number of rotatable bonds is 5. The van der Waals surface area contributed by atoms with Gasteiger partial charge >= 0.3 is 5.97 Å². The van der Waals surface area contributed by atoms with Gasteiger partial charge < -0.3 is 14.8 Å². The summed E-state index contributed by atoms with van der Waals surface area (Å²) in [6, 6.07) is 12.8. The Morgan fingerprint density at radius 3 is 2.42 bits per heavy atom. The first kappa shape index (κ1) is 19.0. The van der Waals surface area contributed by atoms with Crippen LogP contribution in [0.4, 0.5) is 5.69 Å². The fourth-order valence-electron chi connectivity index (χ4n) is 2.13. The van der Waals surface area contributed by atoms with Crippen molar-refractivity contribution in [2.24, 2.45) is 0 Å². The Bertz CT molecular complexity index is 899. The van der Waals surface area contributed by atoms with E-state index in [9.17, 15) is 14.9 Å². The Labute approximate surface area is 155 Å². The van der Waals surface area contributed by atoms with Gasteiger partial charge in [0.25, 0.3) is 5.91 Å². The number of amides is 1. The fraction of sp³-hybridized carbons (Fsp3) is 0.105. The van der Waals surface area contributed by atoms with Gasteiger partial charge in [-0.1, -0.05) is 11.6 Å². The summed E-state index contributed by atoms with van der Waals surface area (Å²) in [5.41, 5.74) is 1.17. The first-order valence-electron chi connectivity index (χ1n) is 7.43. The van der Waals surface area contributed by atoms with Crippen LogP contribution in [-0.4, -0.2) is 26.1 Å². The molecule has 7 heteroatoms. The quantitative estimate of drug-likeness (QED) is 0.492. The molecule has 26 heavy (non-hydrogen) atoms. The maximum Gasteiger partial charge on any atom is 0.337 e. The number of nitriles is 1. The van der Waals surface area contributed by atoms with Crippen LogP contribution in [-0.2, 0) is 9.53 Å². The van der Waals surface area contributed by atoms with Gasteiger partial charge in [-0.25, -0.2) is 4.79 Å². The molecule has 0 aromatic heterocycles. The van der Waals surface area contributed by atoms with E-state index in [0.29, 0.717) is 27.6 Å². The van der Waals surface area contributed by atoms with Crippen molar-refractivity contribution in [1.82, 2.24) is 0 Å². The molecule has 0 radical (unpaired) electrons. The largest absolute Gasteiger partial charge is 0.496 e. The van der Waals surface area contributed by atoms with E-state index in [1.165, 1.54) is 32.4 Å². The van der Waals surface area contributed by atoms with Gasteiger partial charge in [0.05, 0.1) is 19.8 Å². The molecule has 132 valence electrons. The van der Waals surface area contributed by atoms with Crippen LogP contribution in [0.1, 0.15) is 15.9 Å². The summed E-state index contributed by atoms with van der Waals surface area (Å²) in [6.07, 6.45) is 1.39. The molecular formula is C19H15ClN2O4. The molecule has 0 unspecified atom stereocenters. The number of ether oxygens (including phenoxy) is 2. The van der Waals surface area contributed by atoms with Crippen LogP contribution >= 0.6 is 11.6 Å². The molecule has 1 N–H and O–H groups in total. The van der Waals surface area contributed by atoms with Gasteiger partial charge in [-0.2, -0.15) is 5.26 Å². The van der Waals surface area contributed by atoms with Crippen LogP contribution in [0.5, 0.6) is 5.75 Å². The lowest BCUT2D eigenvalue weighted by molar-refractivity contribution is -0.112. The number of esters is 1. The summed E-state index contributed by atoms with van der Waals surface area (Å²) >= 11 is 5.96. The van der Waals surface area contributed by atoms with Crippen molar-refractivity contribution in [2.75, 3.05) is 19.5 Å². The van der Waals surface area contributed by atoms with E-state index >= 15 is 0 Å². The number of benzene rings is 2. The Morgan fingerprint density at radius 2 is 1.85 bits per heavy atom. The van der Waals surface area contributed by atoms with E-state index in [0.717, 1.165) is 0 Å². The van der Waals surface area contributed by atoms with Crippen LogP contribution in [0.15, 0.2) is 48.0 Å². The lowest BCUT2D eigenvalue weighted by Crippen LogP contribution is -2.13. The number of hydrogen-bond acceptors (Lipinski definition) is 5. The molecule has 2 aromatic carbocycles. The second-order valence-corrected chi connectivity index (χ2v) is 5.52. The minimum Gasteiger partial charge on any atom is -0.496 e. The third kappa shape index (κ3) is 4.62. The van der Waals surface area contributed by atoms with E-state index in [2.05, 4.69) is 10.1 Å². The monoisotopic (exact) mass is 370 g/mol. The van der Waals surface area contributed by atoms with Crippen molar-refractivity contribution in [3.8, 4) is 11.8 Å². The van der Waals surface area contributed by atoms with Crippen molar-refractivity contribution in [3.05, 3.63) is 64.2 Å². The third-order valence-corrected chi connectivity index (χ3v) is 3.66. The fourth-order valence-corrected chi connectivity index (χ4v) is 2.31. The highest BCUT2D eigenvalue weighted by atomic mass is 35.5. The van der Waals surface area contributed by atoms with E-state index < -0.39 is 11.9 Å². The molecule has 2 aromatic rings. The number of carbonyl (C=O) groups excluding carboxylic acids is 2. The Kier molecular flexibility index (Phi) is 6.36. The molecular weight excluding hydrogens is 356 g/mol. The summed E-state index contributed by atoms with van der Waals surface area (Å²) < 4.78 is 9.81. The summed E-state index contributed by atoms with van der Waals surface area (Å²) in [4.78, 5) is 23.7. The maximum absolute atomic E-state index is 12.3. The number of hydrogen-bond donors (Lipinski definition) is 1. The second kappa shape index (κ2) is 8.70. The normalized spacial score (nSPS) is 10.6. The molecule has 0 aliphatic carbocycles. The number of anilines is 1. The zero-order valence-corrected chi connectivity index (χ0v) is 14.8. The number of methoxy groups -OCH3 is 2. The number of carbonyl (C=O) groups is 2. The first-order chi connectivity index (χ1) is 12.5. The standard InChI is InChI=1S/C19H15ClN2O4/c1-25-17-8-5-15(20)10-13(17)9-14(11-21)18(23)22-16-6-3-12(4-7-16)19(24)26-2/h3-10H,1-2H3,(H,22,23)/b14-9+. The molecule has 2 rings (SSSR count). The molecule has 0 heterocycles. The zero-order chi connectivity index (χ0) is 19.1. The Balaban J connectivity index is 2.23. The van der Waals surface area contributed by atoms with Crippen molar-refractivity contribution < 1.29 is 19.1 Å². The minimum absolute atomic E-state index is 0.123. The molecule has 6 nitrogen and oxygen atoms in total. The van der Waals surface area contributed by atoms with Gasteiger partial charge in [-0.3, -0.25) is 4.79 Å². The molecule has 1 amide bonds. The van der Waals surface area contributed by atoms with Crippen molar-refractivity contribution in [2.45, 2.75) is 0 Å². The average Bonchev–Trinajstić information content (AvgIpc) is 2.66. The second-order valence-electron chi connectivity index (χ2n) is 5.08. The Morgan fingerprint density at radius 1 is 1.15 bits per heavy atom. The molecule has 0 spiro atoms. The van der Waals surface area contributed by atoms with Gasteiger partial charge in [0.2, 0.25) is 0 Å². The topological polar surface area (TPSA) is 88.4 Å². The third-order valence-electron chi connectivity index (χ3n) is 3.42. The van der Waals surface area contributed by atoms with Gasteiger partial charge in [-0.05, 0) is 48.5 Å². The number of nitrogens with one attached hydrogen (secondary N) is 1. The van der Waals surface area contributed by atoms with Crippen molar-refractivity contribution >= 4 is 35.2 Å². The average molecular weight is 371 g/mol. The molecule has 0 fully saturated rings. The molecule has 0 saturated carbocycles. The molecule has 0 bridgehead atoms. The number of nitrogens with zero attached hydrogens (tertiary/aromatic N) is 1. The zero-order valence-electron chi connectivity index (χ0n) is 14.1. The van der Waals surface area contributed by atoms with Crippen LogP contribution in [0, 0.1) is 11.3 Å². The van der Waals surface area contributed by atoms with Crippen molar-refractivity contribution in [3.63, 3.8) is 0 Å². The summed E-state index contributed by atoms with van der Waals surface area (Å²) in [7, 11) is 2.77. The van der Waals surface area contributed by atoms with E-state index in [-0.39, 0.29) is 5.57 Å². The highest BCUT2D eigenvalue weighted by Gasteiger charge is 2.12. The smallest absolute Gasteiger partial charge is 0.337 e. The van der Waals surface area contributed by atoms with Crippen LogP contribution < -0.4 is 10.1 Å². The van der Waals surface area contributed by atoms with Gasteiger partial charge in [-0.15, -0.1) is 0 Å². The predicted molar refractivity (Wildman–Crippen MR) is 98.0 cm³/mol. The van der Waals surface area contributed by atoms with Crippen LogP contribution in [0.25, 0.3) is 6.08 Å². The summed E-state index contributed by atoms with van der Waals surface area (Å²) in [5, 5.41) is 12.3. The maximum atomic E-state index is 12.3. The van der Waals surface area contributed by atoms with E-state index in [4.69, 9.17) is 16.3 Å². The summed E-state index contributed by atoms with van der Waals surface area (Å²) in [5.74, 6) is -0.591. The predicted octanol–water partition coefficient (Wildman–Crippen LogP) is 3.68. The van der Waals surface area contributed by atoms with Gasteiger partial charge in [0.15, 0.2) is 0 Å². The van der Waals surface area contributed by atoms with Crippen LogP contribution in [0.2, 0.25) is 5.02 Å². The van der Waals surface area contributed by atoms with Crippen molar-refractivity contribution in [1.29, 1.82) is 5.26 Å². The number of halogens is 1. The highest BCUT2D eigenvalue weighted by molar-refractivity contribution is 6.30. The minimum atomic E-state index is -0.597. The van der Waals surface area contributed by atoms with Gasteiger partial charge in [0.1, 0.15) is 17.4 Å². The SMILES string of the molecule is COC(=O)c1ccc(NC(=O)/C(C#N)=C/c2cc(Cl)ccc2OC)cc1. The molecule has 0 saturated heterocycles. The Hall–Kier alpha value is -3.30. The van der Waals surface area contributed by atoms with Gasteiger partial charge in [0, 0.05) is 16.3 Å². The lowest BCUT2D eigenvalue weighted by Gasteiger charge is -2.07. The highest BCUT2D eigenvalue weighted by Crippen LogP contribution is 2.25. The molecule has 0 aliphatic rings.